The number of hydrogen-bond donors (Lipinski definition) is 1. The van der Waals surface area contributed by atoms with Crippen molar-refractivity contribution in [2.24, 2.45) is 0 Å². The lowest BCUT2D eigenvalue weighted by molar-refractivity contribution is 0.0720. The standard InChI is InChI=1S/C25H34N2O4S2/c1-25(2,3)21-10-6-7-11-22(21)31-17-14-26-33(29,30)19-12-13-23(32-4)20(18-19)24(28)27-15-8-5-9-16-27/h6-7,10-13,18,26H,5,8-9,14-17H2,1-4H3. The van der Waals surface area contributed by atoms with Gasteiger partial charge in [0.15, 0.2) is 0 Å². The van der Waals surface area contributed by atoms with Gasteiger partial charge >= 0.3 is 0 Å². The lowest BCUT2D eigenvalue weighted by atomic mass is 9.86. The molecule has 6 nitrogen and oxygen atoms in total. The largest absolute Gasteiger partial charge is 0.492 e. The topological polar surface area (TPSA) is 75.7 Å². The van der Waals surface area contributed by atoms with Crippen LogP contribution in [0.5, 0.6) is 5.75 Å². The van der Waals surface area contributed by atoms with Crippen molar-refractivity contribution in [3.05, 3.63) is 53.6 Å². The SMILES string of the molecule is CSc1ccc(S(=O)(=O)NCCOc2ccccc2C(C)(C)C)cc1C(=O)N1CCCCC1. The molecule has 1 N–H and O–H groups in total. The molecule has 1 aliphatic heterocycles. The molecule has 2 aromatic rings. The highest BCUT2D eigenvalue weighted by molar-refractivity contribution is 7.98. The van der Waals surface area contributed by atoms with Crippen molar-refractivity contribution >= 4 is 27.7 Å². The Kier molecular flexibility index (Phi) is 8.48. The highest BCUT2D eigenvalue weighted by atomic mass is 32.2. The molecule has 0 bridgehead atoms. The van der Waals surface area contributed by atoms with Crippen LogP contribution in [0, 0.1) is 0 Å². The maximum atomic E-state index is 13.1. The zero-order chi connectivity index (χ0) is 24.1. The minimum atomic E-state index is -3.77. The molecular formula is C25H34N2O4S2. The number of sulfonamides is 1. The Bertz CT molecular complexity index is 1070. The number of nitrogens with zero attached hydrogens (tertiary/aromatic N) is 1. The molecule has 0 radical (unpaired) electrons. The molecule has 1 heterocycles. The molecule has 0 spiro atoms. The van der Waals surface area contributed by atoms with E-state index < -0.39 is 10.0 Å². The third kappa shape index (κ3) is 6.52. The van der Waals surface area contributed by atoms with Gasteiger partial charge in [0.2, 0.25) is 10.0 Å². The number of carbonyl (C=O) groups excluding carboxylic acids is 1. The van der Waals surface area contributed by atoms with E-state index in [0.717, 1.165) is 48.6 Å². The summed E-state index contributed by atoms with van der Waals surface area (Å²) in [5.74, 6) is 0.654. The van der Waals surface area contributed by atoms with E-state index in [1.54, 1.807) is 12.1 Å². The van der Waals surface area contributed by atoms with Gasteiger partial charge in [-0.3, -0.25) is 4.79 Å². The van der Waals surface area contributed by atoms with E-state index in [4.69, 9.17) is 4.74 Å². The summed E-state index contributed by atoms with van der Waals surface area (Å²) in [4.78, 5) is 15.8. The molecular weight excluding hydrogens is 456 g/mol. The van der Waals surface area contributed by atoms with E-state index >= 15 is 0 Å². The van der Waals surface area contributed by atoms with Crippen LogP contribution in [0.4, 0.5) is 0 Å². The molecule has 0 atom stereocenters. The van der Waals surface area contributed by atoms with Gasteiger partial charge < -0.3 is 9.64 Å². The van der Waals surface area contributed by atoms with Crippen molar-refractivity contribution in [3.8, 4) is 5.75 Å². The van der Waals surface area contributed by atoms with Crippen molar-refractivity contribution in [1.29, 1.82) is 0 Å². The Hall–Kier alpha value is -2.03. The number of piperidine rings is 1. The number of hydrogen-bond acceptors (Lipinski definition) is 5. The van der Waals surface area contributed by atoms with Gasteiger partial charge in [0.1, 0.15) is 12.4 Å². The van der Waals surface area contributed by atoms with Gasteiger partial charge in [-0.2, -0.15) is 0 Å². The van der Waals surface area contributed by atoms with Crippen molar-refractivity contribution in [2.75, 3.05) is 32.5 Å². The minimum absolute atomic E-state index is 0.0770. The van der Waals surface area contributed by atoms with E-state index in [-0.39, 0.29) is 29.4 Å². The molecule has 180 valence electrons. The normalized spacial score (nSPS) is 14.8. The fraction of sp³-hybridized carbons (Fsp3) is 0.480. The van der Waals surface area contributed by atoms with Crippen molar-refractivity contribution in [2.45, 2.75) is 55.2 Å². The van der Waals surface area contributed by atoms with Gasteiger partial charge in [-0.25, -0.2) is 13.1 Å². The molecule has 1 aliphatic rings. The lowest BCUT2D eigenvalue weighted by Gasteiger charge is -2.27. The van der Waals surface area contributed by atoms with Crippen molar-refractivity contribution in [1.82, 2.24) is 9.62 Å². The number of ether oxygens (including phenoxy) is 1. The van der Waals surface area contributed by atoms with E-state index in [0.29, 0.717) is 5.56 Å². The molecule has 2 aromatic carbocycles. The second kappa shape index (κ2) is 10.9. The molecule has 0 aromatic heterocycles. The van der Waals surface area contributed by atoms with Gasteiger partial charge in [0, 0.05) is 24.5 Å². The van der Waals surface area contributed by atoms with E-state index in [9.17, 15) is 13.2 Å². The summed E-state index contributed by atoms with van der Waals surface area (Å²) < 4.78 is 34.3. The number of carbonyl (C=O) groups is 1. The van der Waals surface area contributed by atoms with Crippen LogP contribution in [0.25, 0.3) is 0 Å². The van der Waals surface area contributed by atoms with Gasteiger partial charge in [0.05, 0.1) is 10.5 Å². The maximum Gasteiger partial charge on any atom is 0.255 e. The summed E-state index contributed by atoms with van der Waals surface area (Å²) in [7, 11) is -3.77. The molecule has 0 unspecified atom stereocenters. The minimum Gasteiger partial charge on any atom is -0.492 e. The van der Waals surface area contributed by atoms with Crippen LogP contribution >= 0.6 is 11.8 Å². The highest BCUT2D eigenvalue weighted by Gasteiger charge is 2.24. The molecule has 0 saturated carbocycles. The monoisotopic (exact) mass is 490 g/mol. The van der Waals surface area contributed by atoms with E-state index in [2.05, 4.69) is 25.5 Å². The molecule has 8 heteroatoms. The summed E-state index contributed by atoms with van der Waals surface area (Å²) in [6.07, 6.45) is 4.98. The van der Waals surface area contributed by atoms with Crippen LogP contribution in [-0.4, -0.2) is 51.7 Å². The predicted molar refractivity (Wildman–Crippen MR) is 134 cm³/mol. The molecule has 1 saturated heterocycles. The second-order valence-electron chi connectivity index (χ2n) is 9.21. The summed E-state index contributed by atoms with van der Waals surface area (Å²) >= 11 is 1.45. The van der Waals surface area contributed by atoms with Crippen molar-refractivity contribution in [3.63, 3.8) is 0 Å². The van der Waals surface area contributed by atoms with Crippen molar-refractivity contribution < 1.29 is 17.9 Å². The number of amides is 1. The average molecular weight is 491 g/mol. The summed E-state index contributed by atoms with van der Waals surface area (Å²) in [5, 5.41) is 0. The second-order valence-corrected chi connectivity index (χ2v) is 11.8. The quantitative estimate of drug-likeness (QED) is 0.429. The van der Waals surface area contributed by atoms with Crippen LogP contribution in [0.3, 0.4) is 0 Å². The number of benzene rings is 2. The van der Waals surface area contributed by atoms with Gasteiger partial charge in [-0.15, -0.1) is 11.8 Å². The Morgan fingerprint density at radius 3 is 2.45 bits per heavy atom. The fourth-order valence-corrected chi connectivity index (χ4v) is 5.53. The molecule has 1 fully saturated rings. The predicted octanol–water partition coefficient (Wildman–Crippen LogP) is 4.69. The Morgan fingerprint density at radius 1 is 1.09 bits per heavy atom. The summed E-state index contributed by atoms with van der Waals surface area (Å²) in [5.41, 5.74) is 1.44. The molecule has 33 heavy (non-hydrogen) atoms. The molecule has 1 amide bonds. The van der Waals surface area contributed by atoms with E-state index in [1.165, 1.54) is 17.8 Å². The Balaban J connectivity index is 1.68. The third-order valence-electron chi connectivity index (χ3n) is 5.70. The van der Waals surface area contributed by atoms with Gasteiger partial charge in [-0.1, -0.05) is 39.0 Å². The number of rotatable bonds is 8. The van der Waals surface area contributed by atoms with Gasteiger partial charge in [-0.05, 0) is 60.8 Å². The number of para-hydroxylation sites is 1. The first-order valence-corrected chi connectivity index (χ1v) is 14.0. The number of likely N-dealkylation sites (tertiary alicyclic amines) is 1. The zero-order valence-corrected chi connectivity index (χ0v) is 21.5. The first kappa shape index (κ1) is 25.6. The number of thioether (sulfide) groups is 1. The summed E-state index contributed by atoms with van der Waals surface area (Å²) in [6.45, 7) is 8.09. The third-order valence-corrected chi connectivity index (χ3v) is 7.96. The molecule has 0 aliphatic carbocycles. The maximum absolute atomic E-state index is 13.1. The highest BCUT2D eigenvalue weighted by Crippen LogP contribution is 2.31. The van der Waals surface area contributed by atoms with Crippen LogP contribution in [0.1, 0.15) is 56.0 Å². The Morgan fingerprint density at radius 2 is 1.79 bits per heavy atom. The van der Waals surface area contributed by atoms with Gasteiger partial charge in [0.25, 0.3) is 5.91 Å². The fourth-order valence-electron chi connectivity index (χ4n) is 3.92. The lowest BCUT2D eigenvalue weighted by Crippen LogP contribution is -2.36. The van der Waals surface area contributed by atoms with Crippen LogP contribution in [0.2, 0.25) is 0 Å². The number of nitrogens with one attached hydrogen (secondary N) is 1. The van der Waals surface area contributed by atoms with Crippen LogP contribution < -0.4 is 9.46 Å². The molecule has 3 rings (SSSR count). The first-order chi connectivity index (χ1) is 15.6. The van der Waals surface area contributed by atoms with E-state index in [1.807, 2.05) is 35.4 Å². The summed E-state index contributed by atoms with van der Waals surface area (Å²) in [6, 6.07) is 12.6. The van der Waals surface area contributed by atoms with Crippen LogP contribution in [-0.2, 0) is 15.4 Å². The average Bonchev–Trinajstić information content (AvgIpc) is 2.81. The zero-order valence-electron chi connectivity index (χ0n) is 19.9. The van der Waals surface area contributed by atoms with Crippen LogP contribution in [0.15, 0.2) is 52.3 Å². The first-order valence-electron chi connectivity index (χ1n) is 11.3. The smallest absolute Gasteiger partial charge is 0.255 e. The Labute approximate surface area is 202 Å².